The molecule has 0 saturated heterocycles. The van der Waals surface area contributed by atoms with Crippen molar-refractivity contribution in [2.75, 3.05) is 34.0 Å². The molecule has 1 aromatic carbocycles. The van der Waals surface area contributed by atoms with Crippen LogP contribution in [-0.2, 0) is 16.1 Å². The van der Waals surface area contributed by atoms with Crippen LogP contribution in [0.5, 0.6) is 5.75 Å². The van der Waals surface area contributed by atoms with Crippen LogP contribution in [0.1, 0.15) is 37.4 Å². The van der Waals surface area contributed by atoms with Crippen LogP contribution in [0.15, 0.2) is 18.2 Å². The predicted octanol–water partition coefficient (Wildman–Crippen LogP) is 2.92. The quantitative estimate of drug-likeness (QED) is 0.669. The lowest BCUT2D eigenvalue weighted by molar-refractivity contribution is 0.0607. The molecule has 0 spiro atoms. The highest BCUT2D eigenvalue weighted by Crippen LogP contribution is 2.24. The van der Waals surface area contributed by atoms with Gasteiger partial charge in [0.05, 0.1) is 26.9 Å². The van der Waals surface area contributed by atoms with Crippen molar-refractivity contribution in [1.29, 1.82) is 0 Å². The summed E-state index contributed by atoms with van der Waals surface area (Å²) in [5.74, 6) is 0.869. The van der Waals surface area contributed by atoms with E-state index in [4.69, 9.17) is 14.2 Å². The monoisotopic (exact) mass is 281 g/mol. The van der Waals surface area contributed by atoms with Gasteiger partial charge in [-0.05, 0) is 37.6 Å². The molecule has 1 rings (SSSR count). The van der Waals surface area contributed by atoms with E-state index in [1.54, 1.807) is 14.2 Å². The zero-order chi connectivity index (χ0) is 14.8. The highest BCUT2D eigenvalue weighted by molar-refractivity contribution is 5.38. The third-order valence-electron chi connectivity index (χ3n) is 3.19. The van der Waals surface area contributed by atoms with E-state index in [0.29, 0.717) is 25.9 Å². The molecule has 0 radical (unpaired) electrons. The zero-order valence-corrected chi connectivity index (χ0v) is 13.1. The summed E-state index contributed by atoms with van der Waals surface area (Å²) in [6.45, 7) is 7.10. The smallest absolute Gasteiger partial charge is 0.124 e. The Kier molecular flexibility index (Phi) is 8.26. The lowest BCUT2D eigenvalue weighted by atomic mass is 10.0. The van der Waals surface area contributed by atoms with E-state index in [1.165, 1.54) is 5.56 Å². The molecule has 4 heteroatoms. The maximum Gasteiger partial charge on any atom is 0.124 e. The van der Waals surface area contributed by atoms with Gasteiger partial charge in [0, 0.05) is 18.7 Å². The summed E-state index contributed by atoms with van der Waals surface area (Å²) >= 11 is 0. The van der Waals surface area contributed by atoms with Crippen molar-refractivity contribution in [1.82, 2.24) is 5.32 Å². The molecule has 0 fully saturated rings. The third kappa shape index (κ3) is 5.49. The first-order valence-electron chi connectivity index (χ1n) is 7.19. The summed E-state index contributed by atoms with van der Waals surface area (Å²) in [6.07, 6.45) is 1.13. The minimum absolute atomic E-state index is 0.332. The number of benzene rings is 1. The van der Waals surface area contributed by atoms with E-state index in [1.807, 2.05) is 6.07 Å². The minimum Gasteiger partial charge on any atom is -0.496 e. The van der Waals surface area contributed by atoms with Gasteiger partial charge in [-0.3, -0.25) is 0 Å². The fourth-order valence-corrected chi connectivity index (χ4v) is 1.98. The molecular weight excluding hydrogens is 254 g/mol. The second kappa shape index (κ2) is 9.75. The van der Waals surface area contributed by atoms with Crippen molar-refractivity contribution >= 4 is 0 Å². The molecule has 0 aliphatic carbocycles. The van der Waals surface area contributed by atoms with Gasteiger partial charge in [-0.2, -0.15) is 0 Å². The van der Waals surface area contributed by atoms with Gasteiger partial charge in [0.25, 0.3) is 0 Å². The summed E-state index contributed by atoms with van der Waals surface area (Å²) in [5, 5.41) is 3.49. The van der Waals surface area contributed by atoms with Crippen LogP contribution in [0.2, 0.25) is 0 Å². The van der Waals surface area contributed by atoms with E-state index in [0.717, 1.165) is 24.3 Å². The van der Waals surface area contributed by atoms with Crippen LogP contribution in [0, 0.1) is 0 Å². The van der Waals surface area contributed by atoms with Gasteiger partial charge in [0.1, 0.15) is 5.75 Å². The molecule has 0 bridgehead atoms. The van der Waals surface area contributed by atoms with Gasteiger partial charge in [0.2, 0.25) is 0 Å². The van der Waals surface area contributed by atoms with Crippen LogP contribution in [0.4, 0.5) is 0 Å². The zero-order valence-electron chi connectivity index (χ0n) is 13.1. The van der Waals surface area contributed by atoms with Crippen LogP contribution in [0.3, 0.4) is 0 Å². The van der Waals surface area contributed by atoms with E-state index < -0.39 is 0 Å². The van der Waals surface area contributed by atoms with Gasteiger partial charge in [-0.25, -0.2) is 0 Å². The van der Waals surface area contributed by atoms with Crippen molar-refractivity contribution in [3.8, 4) is 5.75 Å². The van der Waals surface area contributed by atoms with Crippen molar-refractivity contribution < 1.29 is 14.2 Å². The van der Waals surface area contributed by atoms with Crippen molar-refractivity contribution in [2.24, 2.45) is 0 Å². The van der Waals surface area contributed by atoms with Crippen molar-refractivity contribution in [3.63, 3.8) is 0 Å². The molecule has 0 saturated carbocycles. The van der Waals surface area contributed by atoms with Crippen molar-refractivity contribution in [3.05, 3.63) is 29.3 Å². The average Bonchev–Trinajstić information content (AvgIpc) is 2.49. The Hall–Kier alpha value is -1.10. The van der Waals surface area contributed by atoms with Crippen LogP contribution in [-0.4, -0.2) is 34.0 Å². The largest absolute Gasteiger partial charge is 0.496 e. The summed E-state index contributed by atoms with van der Waals surface area (Å²) < 4.78 is 16.0. The van der Waals surface area contributed by atoms with Gasteiger partial charge in [-0.15, -0.1) is 0 Å². The lowest BCUT2D eigenvalue weighted by Gasteiger charge is -2.17. The van der Waals surface area contributed by atoms with Crippen LogP contribution < -0.4 is 10.1 Å². The predicted molar refractivity (Wildman–Crippen MR) is 81.2 cm³/mol. The Morgan fingerprint density at radius 3 is 2.65 bits per heavy atom. The summed E-state index contributed by atoms with van der Waals surface area (Å²) in [5.41, 5.74) is 2.33. The van der Waals surface area contributed by atoms with Gasteiger partial charge in [-0.1, -0.05) is 13.0 Å². The number of nitrogens with one attached hydrogen (secondary N) is 1. The maximum absolute atomic E-state index is 5.59. The summed E-state index contributed by atoms with van der Waals surface area (Å²) in [7, 11) is 3.36. The first-order chi connectivity index (χ1) is 9.72. The first-order valence-corrected chi connectivity index (χ1v) is 7.19. The molecule has 20 heavy (non-hydrogen) atoms. The Morgan fingerprint density at radius 1 is 1.20 bits per heavy atom. The molecule has 1 unspecified atom stereocenters. The molecule has 0 aliphatic heterocycles. The summed E-state index contributed by atoms with van der Waals surface area (Å²) in [4.78, 5) is 0. The van der Waals surface area contributed by atoms with E-state index in [9.17, 15) is 0 Å². The maximum atomic E-state index is 5.59. The van der Waals surface area contributed by atoms with E-state index in [2.05, 4.69) is 31.3 Å². The topological polar surface area (TPSA) is 39.7 Å². The van der Waals surface area contributed by atoms with Gasteiger partial charge >= 0.3 is 0 Å². The Morgan fingerprint density at radius 2 is 2.00 bits per heavy atom. The number of hydrogen-bond acceptors (Lipinski definition) is 4. The van der Waals surface area contributed by atoms with Crippen LogP contribution >= 0.6 is 0 Å². The molecular formula is C16H27NO3. The Labute approximate surface area is 122 Å². The fraction of sp³-hybridized carbons (Fsp3) is 0.625. The highest BCUT2D eigenvalue weighted by Gasteiger charge is 2.09. The average molecular weight is 281 g/mol. The van der Waals surface area contributed by atoms with Crippen LogP contribution in [0.25, 0.3) is 0 Å². The van der Waals surface area contributed by atoms with Gasteiger partial charge in [0.15, 0.2) is 0 Å². The molecule has 4 nitrogen and oxygen atoms in total. The van der Waals surface area contributed by atoms with Gasteiger partial charge < -0.3 is 19.5 Å². The molecule has 0 amide bonds. The molecule has 114 valence electrons. The number of hydrogen-bond donors (Lipinski definition) is 1. The standard InChI is InChI=1S/C16H27NO3/c1-5-8-17-13(2)14-6-7-16(19-4)15(11-14)12-20-10-9-18-3/h6-7,11,13,17H,5,8-10,12H2,1-4H3. The fourth-order valence-electron chi connectivity index (χ4n) is 1.98. The number of rotatable bonds is 10. The molecule has 1 N–H and O–H groups in total. The first kappa shape index (κ1) is 17.0. The summed E-state index contributed by atoms with van der Waals surface area (Å²) in [6, 6.07) is 6.59. The van der Waals surface area contributed by atoms with E-state index in [-0.39, 0.29) is 0 Å². The number of methoxy groups -OCH3 is 2. The molecule has 0 aromatic heterocycles. The SMILES string of the molecule is CCCNC(C)c1ccc(OC)c(COCCOC)c1. The minimum atomic E-state index is 0.332. The molecule has 0 aliphatic rings. The Balaban J connectivity index is 2.69. The molecule has 0 heterocycles. The molecule has 1 atom stereocenters. The lowest BCUT2D eigenvalue weighted by Crippen LogP contribution is -2.19. The van der Waals surface area contributed by atoms with Crippen molar-refractivity contribution in [2.45, 2.75) is 32.9 Å². The second-order valence-corrected chi connectivity index (χ2v) is 4.79. The number of ether oxygens (including phenoxy) is 3. The Bertz CT molecular complexity index is 382. The third-order valence-corrected chi connectivity index (χ3v) is 3.19. The highest BCUT2D eigenvalue weighted by atomic mass is 16.5. The normalized spacial score (nSPS) is 12.4. The van der Waals surface area contributed by atoms with E-state index >= 15 is 0 Å². The second-order valence-electron chi connectivity index (χ2n) is 4.79. The molecule has 1 aromatic rings.